The minimum atomic E-state index is -0.293. The fourth-order valence-electron chi connectivity index (χ4n) is 12.7. The predicted molar refractivity (Wildman–Crippen MR) is 290 cm³/mol. The topological polar surface area (TPSA) is 8.17 Å². The maximum Gasteiger partial charge on any atom is 0.0544 e. The Morgan fingerprint density at radius 2 is 0.897 bits per heavy atom. The lowest BCUT2D eigenvalue weighted by atomic mass is 9.71. The van der Waals surface area contributed by atoms with E-state index in [1.165, 1.54) is 122 Å². The van der Waals surface area contributed by atoms with Crippen molar-refractivity contribution in [2.75, 3.05) is 4.90 Å². The van der Waals surface area contributed by atoms with Crippen LogP contribution in [0.3, 0.4) is 0 Å². The number of nitrogens with zero attached hydrogens (tertiary/aromatic N) is 2. The highest BCUT2D eigenvalue weighted by Crippen LogP contribution is 2.57. The molecule has 0 spiro atoms. The van der Waals surface area contributed by atoms with Crippen molar-refractivity contribution >= 4 is 60.4 Å². The molecule has 2 aliphatic rings. The van der Waals surface area contributed by atoms with Crippen molar-refractivity contribution in [1.29, 1.82) is 0 Å². The molecule has 2 heterocycles. The molecule has 0 atom stereocenters. The number of rotatable bonds is 8. The van der Waals surface area contributed by atoms with E-state index in [0.717, 1.165) is 25.7 Å². The van der Waals surface area contributed by atoms with Crippen LogP contribution in [0.4, 0.5) is 17.1 Å². The number of anilines is 3. The molecule has 68 heavy (non-hydrogen) atoms. The molecule has 0 saturated carbocycles. The summed E-state index contributed by atoms with van der Waals surface area (Å²) in [7, 11) is 0. The van der Waals surface area contributed by atoms with Gasteiger partial charge in [0, 0.05) is 32.4 Å². The lowest BCUT2D eigenvalue weighted by Gasteiger charge is -2.43. The average Bonchev–Trinajstić information content (AvgIpc) is 3.84. The van der Waals surface area contributed by atoms with Crippen molar-refractivity contribution in [2.24, 2.45) is 0 Å². The number of hydrogen-bond donors (Lipinski definition) is 0. The van der Waals surface area contributed by atoms with Gasteiger partial charge in [-0.25, -0.2) is 0 Å². The van der Waals surface area contributed by atoms with Crippen LogP contribution in [-0.2, 0) is 10.8 Å². The van der Waals surface area contributed by atoms with Gasteiger partial charge in [0.2, 0.25) is 0 Å². The van der Waals surface area contributed by atoms with Crippen molar-refractivity contribution in [2.45, 2.75) is 64.2 Å². The third kappa shape index (κ3) is 5.89. The summed E-state index contributed by atoms with van der Waals surface area (Å²) in [5.74, 6) is 0. The molecule has 1 aromatic heterocycles. The highest BCUT2D eigenvalue weighted by Gasteiger charge is 2.43. The Morgan fingerprint density at radius 3 is 1.59 bits per heavy atom. The Kier molecular flexibility index (Phi) is 9.21. The van der Waals surface area contributed by atoms with Crippen LogP contribution in [0.25, 0.3) is 82.4 Å². The lowest BCUT2D eigenvalue weighted by molar-refractivity contribution is 0.436. The molecule has 0 saturated heterocycles. The summed E-state index contributed by atoms with van der Waals surface area (Å²) in [4.78, 5) is 2.52. The van der Waals surface area contributed by atoms with Gasteiger partial charge >= 0.3 is 0 Å². The molecule has 2 heteroatoms. The monoisotopic (exact) mass is 874 g/mol. The summed E-state index contributed by atoms with van der Waals surface area (Å²) >= 11 is 0. The first-order chi connectivity index (χ1) is 33.4. The van der Waals surface area contributed by atoms with Crippen LogP contribution in [0.2, 0.25) is 0 Å². The lowest BCUT2D eigenvalue weighted by Crippen LogP contribution is -2.30. The average molecular weight is 875 g/mol. The van der Waals surface area contributed by atoms with Crippen LogP contribution in [0.1, 0.15) is 75.6 Å². The highest BCUT2D eigenvalue weighted by atomic mass is 15.2. The summed E-state index contributed by atoms with van der Waals surface area (Å²) in [5, 5.41) is 7.58. The van der Waals surface area contributed by atoms with Crippen molar-refractivity contribution in [3.05, 3.63) is 229 Å². The molecule has 0 bridgehead atoms. The van der Waals surface area contributed by atoms with Crippen molar-refractivity contribution in [3.8, 4) is 39.1 Å². The number of fused-ring (bicyclic) bond motifs is 10. The molecule has 1 aliphatic carbocycles. The van der Waals surface area contributed by atoms with Gasteiger partial charge in [0.15, 0.2) is 0 Å². The van der Waals surface area contributed by atoms with Crippen molar-refractivity contribution in [1.82, 2.24) is 4.57 Å². The zero-order chi connectivity index (χ0) is 45.7. The third-order valence-corrected chi connectivity index (χ3v) is 15.8. The standard InChI is InChI=1S/C66H54N2/c1-5-36-66(37-6-2)55-27-15-14-26-51(55)52-41-54-53-38-46(30-33-61(53)67(64(54)42-56(52)66)59-28-16-22-44-20-10-12-24-49(44)59)48-32-35-63-58(40-48)65(3,4)57-39-47(43-18-8-7-9-19-43)31-34-62(57)68(63)60-29-17-23-45-21-11-13-25-50(45)60/h7-35,38-42H,5-6,36-37H2,1-4H3. The minimum absolute atomic E-state index is 0.00878. The van der Waals surface area contributed by atoms with Gasteiger partial charge in [-0.1, -0.05) is 186 Å². The largest absolute Gasteiger partial charge is 0.309 e. The van der Waals surface area contributed by atoms with Crippen LogP contribution in [0.5, 0.6) is 0 Å². The van der Waals surface area contributed by atoms with Gasteiger partial charge < -0.3 is 9.47 Å². The highest BCUT2D eigenvalue weighted by molar-refractivity contribution is 6.14. The Balaban J connectivity index is 1.05. The van der Waals surface area contributed by atoms with E-state index in [0.29, 0.717) is 0 Å². The summed E-state index contributed by atoms with van der Waals surface area (Å²) in [6.45, 7) is 9.55. The zero-order valence-electron chi connectivity index (χ0n) is 39.4. The summed E-state index contributed by atoms with van der Waals surface area (Å²) in [6, 6.07) is 78.0. The van der Waals surface area contributed by atoms with Gasteiger partial charge in [0.25, 0.3) is 0 Å². The molecule has 0 N–H and O–H groups in total. The Labute approximate surface area is 399 Å². The normalized spacial score (nSPS) is 14.3. The van der Waals surface area contributed by atoms with E-state index >= 15 is 0 Å². The smallest absolute Gasteiger partial charge is 0.0544 e. The van der Waals surface area contributed by atoms with E-state index in [1.807, 2.05) is 0 Å². The number of aromatic nitrogens is 1. The maximum atomic E-state index is 2.60. The van der Waals surface area contributed by atoms with E-state index in [-0.39, 0.29) is 10.8 Å². The molecule has 1 aliphatic heterocycles. The van der Waals surface area contributed by atoms with Crippen LogP contribution in [0.15, 0.2) is 206 Å². The fourth-order valence-corrected chi connectivity index (χ4v) is 12.7. The van der Waals surface area contributed by atoms with Gasteiger partial charge in [0.05, 0.1) is 33.8 Å². The molecule has 0 fully saturated rings. The molecule has 10 aromatic carbocycles. The predicted octanol–water partition coefficient (Wildman–Crippen LogP) is 18.4. The number of hydrogen-bond acceptors (Lipinski definition) is 1. The van der Waals surface area contributed by atoms with Crippen molar-refractivity contribution < 1.29 is 0 Å². The molecule has 13 rings (SSSR count). The maximum absolute atomic E-state index is 2.60. The second kappa shape index (κ2) is 15.4. The molecular formula is C66H54N2. The Morgan fingerprint density at radius 1 is 0.353 bits per heavy atom. The second-order valence-electron chi connectivity index (χ2n) is 19.9. The first-order valence-corrected chi connectivity index (χ1v) is 24.7. The van der Waals surface area contributed by atoms with E-state index in [4.69, 9.17) is 0 Å². The first-order valence-electron chi connectivity index (χ1n) is 24.7. The van der Waals surface area contributed by atoms with Crippen LogP contribution >= 0.6 is 0 Å². The molecule has 0 unspecified atom stereocenters. The molecule has 0 amide bonds. The minimum Gasteiger partial charge on any atom is -0.309 e. The van der Waals surface area contributed by atoms with E-state index in [9.17, 15) is 0 Å². The Hall–Kier alpha value is -7.68. The molecule has 2 nitrogen and oxygen atoms in total. The van der Waals surface area contributed by atoms with Crippen molar-refractivity contribution in [3.63, 3.8) is 0 Å². The zero-order valence-corrected chi connectivity index (χ0v) is 39.4. The summed E-state index contributed by atoms with van der Waals surface area (Å²) < 4.78 is 2.57. The fraction of sp³-hybridized carbons (Fsp3) is 0.152. The summed E-state index contributed by atoms with van der Waals surface area (Å²) in [5.41, 5.74) is 20.4. The van der Waals surface area contributed by atoms with E-state index < -0.39 is 0 Å². The Bertz CT molecular complexity index is 3790. The quantitative estimate of drug-likeness (QED) is 0.148. The molecule has 0 radical (unpaired) electrons. The van der Waals surface area contributed by atoms with Gasteiger partial charge in [-0.15, -0.1) is 0 Å². The first kappa shape index (κ1) is 40.6. The number of benzene rings is 10. The second-order valence-corrected chi connectivity index (χ2v) is 19.9. The van der Waals surface area contributed by atoms with Crippen LogP contribution in [-0.4, -0.2) is 4.57 Å². The van der Waals surface area contributed by atoms with Crippen LogP contribution < -0.4 is 4.90 Å². The SMILES string of the molecule is CCCC1(CCC)c2ccccc2-c2cc3c4cc(-c5ccc6c(c5)C(C)(C)c5cc(-c7ccccc7)ccc5N6c5cccc6ccccc56)ccc4n(-c4cccc5ccccc45)c3cc21. The molecule has 11 aromatic rings. The molecular weight excluding hydrogens is 821 g/mol. The van der Waals surface area contributed by atoms with Gasteiger partial charge in [-0.05, 0) is 140 Å². The van der Waals surface area contributed by atoms with E-state index in [2.05, 4.69) is 243 Å². The van der Waals surface area contributed by atoms with E-state index in [1.54, 1.807) is 0 Å². The third-order valence-electron chi connectivity index (χ3n) is 15.8. The molecule has 328 valence electrons. The van der Waals surface area contributed by atoms with Gasteiger partial charge in [-0.3, -0.25) is 0 Å². The van der Waals surface area contributed by atoms with Crippen LogP contribution in [0, 0.1) is 0 Å². The summed E-state index contributed by atoms with van der Waals surface area (Å²) in [6.07, 6.45) is 4.55. The van der Waals surface area contributed by atoms with Gasteiger partial charge in [0.1, 0.15) is 0 Å². The van der Waals surface area contributed by atoms with Gasteiger partial charge in [-0.2, -0.15) is 0 Å².